The van der Waals surface area contributed by atoms with Crippen LogP contribution in [-0.2, 0) is 6.54 Å². The minimum absolute atomic E-state index is 0.113. The summed E-state index contributed by atoms with van der Waals surface area (Å²) in [5.41, 5.74) is 1.45. The number of ether oxygens (including phenoxy) is 1. The molecule has 7 heteroatoms. The second-order valence-electron chi connectivity index (χ2n) is 6.26. The first-order valence-electron chi connectivity index (χ1n) is 9.19. The lowest BCUT2D eigenvalue weighted by Crippen LogP contribution is -2.30. The topological polar surface area (TPSA) is 55.6 Å². The van der Waals surface area contributed by atoms with Crippen LogP contribution in [0, 0.1) is 0 Å². The predicted molar refractivity (Wildman–Crippen MR) is 118 cm³/mol. The minimum Gasteiger partial charge on any atom is -0.494 e. The van der Waals surface area contributed by atoms with E-state index < -0.39 is 0 Å². The highest BCUT2D eigenvalue weighted by atomic mass is 32.2. The third kappa shape index (κ3) is 4.31. The Kier molecular flexibility index (Phi) is 5.87. The average Bonchev–Trinajstić information content (AvgIpc) is 3.41. The quantitative estimate of drug-likeness (QED) is 0.348. The van der Waals surface area contributed by atoms with Gasteiger partial charge in [0.15, 0.2) is 5.13 Å². The fourth-order valence-electron chi connectivity index (χ4n) is 2.94. The lowest BCUT2D eigenvalue weighted by atomic mass is 10.2. The van der Waals surface area contributed by atoms with Crippen LogP contribution in [0.3, 0.4) is 0 Å². The van der Waals surface area contributed by atoms with Gasteiger partial charge in [0.25, 0.3) is 5.91 Å². The molecule has 0 aliphatic carbocycles. The molecule has 1 amide bonds. The summed E-state index contributed by atoms with van der Waals surface area (Å²) in [6.45, 7) is 2.87. The van der Waals surface area contributed by atoms with E-state index in [2.05, 4.69) is 0 Å². The maximum absolute atomic E-state index is 13.3. The summed E-state index contributed by atoms with van der Waals surface area (Å²) in [7, 11) is 0. The Balaban J connectivity index is 1.71. The highest BCUT2D eigenvalue weighted by Gasteiger charge is 2.23. The molecule has 0 fully saturated rings. The zero-order valence-electron chi connectivity index (χ0n) is 16.1. The van der Waals surface area contributed by atoms with Gasteiger partial charge in [-0.15, -0.1) is 11.8 Å². The molecule has 0 saturated heterocycles. The number of amides is 1. The van der Waals surface area contributed by atoms with Gasteiger partial charge in [0.2, 0.25) is 0 Å². The van der Waals surface area contributed by atoms with Gasteiger partial charge < -0.3 is 9.15 Å². The van der Waals surface area contributed by atoms with Gasteiger partial charge in [0.1, 0.15) is 11.5 Å². The van der Waals surface area contributed by atoms with E-state index in [1.165, 1.54) is 11.3 Å². The Bertz CT molecular complexity index is 1110. The molecule has 0 spiro atoms. The summed E-state index contributed by atoms with van der Waals surface area (Å²) in [6, 6.07) is 17.1. The van der Waals surface area contributed by atoms with Crippen molar-refractivity contribution in [1.29, 1.82) is 0 Å². The van der Waals surface area contributed by atoms with Crippen LogP contribution in [0.25, 0.3) is 10.2 Å². The maximum atomic E-state index is 13.3. The maximum Gasteiger partial charge on any atom is 0.260 e. The van der Waals surface area contributed by atoms with Crippen LogP contribution in [0.15, 0.2) is 70.2 Å². The highest BCUT2D eigenvalue weighted by Crippen LogP contribution is 2.33. The van der Waals surface area contributed by atoms with Crippen LogP contribution in [-0.4, -0.2) is 23.8 Å². The van der Waals surface area contributed by atoms with E-state index in [0.29, 0.717) is 29.6 Å². The third-order valence-electron chi connectivity index (χ3n) is 4.37. The van der Waals surface area contributed by atoms with Crippen molar-refractivity contribution in [3.05, 3.63) is 72.2 Å². The van der Waals surface area contributed by atoms with Crippen molar-refractivity contribution < 1.29 is 13.9 Å². The zero-order valence-corrected chi connectivity index (χ0v) is 17.8. The van der Waals surface area contributed by atoms with Crippen molar-refractivity contribution in [2.24, 2.45) is 0 Å². The number of carbonyl (C=O) groups excluding carboxylic acids is 1. The first-order valence-corrected chi connectivity index (χ1v) is 11.2. The van der Waals surface area contributed by atoms with E-state index in [1.54, 1.807) is 22.9 Å². The number of aromatic nitrogens is 1. The van der Waals surface area contributed by atoms with Gasteiger partial charge in [0, 0.05) is 10.5 Å². The van der Waals surface area contributed by atoms with E-state index in [1.807, 2.05) is 67.8 Å². The number of nitrogens with zero attached hydrogens (tertiary/aromatic N) is 2. The number of thiazole rings is 1. The van der Waals surface area contributed by atoms with Crippen LogP contribution in [0.5, 0.6) is 5.75 Å². The second kappa shape index (κ2) is 8.71. The number of furan rings is 1. The largest absolute Gasteiger partial charge is 0.494 e. The van der Waals surface area contributed by atoms with Crippen LogP contribution in [0.4, 0.5) is 5.13 Å². The molecule has 0 atom stereocenters. The molecule has 0 aliphatic rings. The molecule has 148 valence electrons. The molecule has 0 saturated carbocycles. The Hall–Kier alpha value is -2.77. The first-order chi connectivity index (χ1) is 14.2. The fraction of sp³-hybridized carbons (Fsp3) is 0.182. The van der Waals surface area contributed by atoms with Crippen molar-refractivity contribution >= 4 is 44.4 Å². The molecule has 0 radical (unpaired) electrons. The molecule has 0 unspecified atom stereocenters. The van der Waals surface area contributed by atoms with E-state index in [9.17, 15) is 4.79 Å². The van der Waals surface area contributed by atoms with Gasteiger partial charge in [-0.25, -0.2) is 4.98 Å². The number of anilines is 1. The third-order valence-corrected chi connectivity index (χ3v) is 6.15. The molecule has 0 N–H and O–H groups in total. The predicted octanol–water partition coefficient (Wildman–Crippen LogP) is 5.86. The highest BCUT2D eigenvalue weighted by molar-refractivity contribution is 7.98. The number of fused-ring (bicyclic) bond motifs is 1. The Morgan fingerprint density at radius 3 is 2.72 bits per heavy atom. The monoisotopic (exact) mass is 424 g/mol. The summed E-state index contributed by atoms with van der Waals surface area (Å²) >= 11 is 3.11. The lowest BCUT2D eigenvalue weighted by molar-refractivity contribution is 0.0983. The van der Waals surface area contributed by atoms with Gasteiger partial charge in [-0.05, 0) is 67.8 Å². The van der Waals surface area contributed by atoms with Crippen molar-refractivity contribution in [3.8, 4) is 5.75 Å². The van der Waals surface area contributed by atoms with Gasteiger partial charge in [0.05, 0.1) is 29.6 Å². The van der Waals surface area contributed by atoms with Crippen molar-refractivity contribution in [2.45, 2.75) is 18.4 Å². The number of thioether (sulfide) groups is 1. The van der Waals surface area contributed by atoms with Crippen molar-refractivity contribution in [2.75, 3.05) is 17.8 Å². The summed E-state index contributed by atoms with van der Waals surface area (Å²) in [5, 5.41) is 0.629. The van der Waals surface area contributed by atoms with Crippen molar-refractivity contribution in [3.63, 3.8) is 0 Å². The number of hydrogen-bond donors (Lipinski definition) is 0. The Labute approximate surface area is 177 Å². The fourth-order valence-corrected chi connectivity index (χ4v) is 4.34. The summed E-state index contributed by atoms with van der Waals surface area (Å²) < 4.78 is 12.1. The van der Waals surface area contributed by atoms with Gasteiger partial charge >= 0.3 is 0 Å². The standard InChI is InChI=1S/C22H20N2O3S2/c1-3-26-16-8-11-19-20(13-16)29-22(23-19)24(14-17-5-4-12-27-17)21(25)15-6-9-18(28-2)10-7-15/h4-13H,3,14H2,1-2H3. The van der Waals surface area contributed by atoms with E-state index in [4.69, 9.17) is 14.1 Å². The molecule has 4 rings (SSSR count). The summed E-state index contributed by atoms with van der Waals surface area (Å²) in [6.07, 6.45) is 3.62. The molecular formula is C22H20N2O3S2. The molecule has 0 bridgehead atoms. The average molecular weight is 425 g/mol. The summed E-state index contributed by atoms with van der Waals surface area (Å²) in [5.74, 6) is 1.39. The minimum atomic E-state index is -0.113. The molecule has 2 aromatic heterocycles. The van der Waals surface area contributed by atoms with Gasteiger partial charge in [-0.2, -0.15) is 0 Å². The number of carbonyl (C=O) groups is 1. The van der Waals surface area contributed by atoms with Crippen LogP contribution in [0.1, 0.15) is 23.0 Å². The van der Waals surface area contributed by atoms with E-state index in [0.717, 1.165) is 20.9 Å². The summed E-state index contributed by atoms with van der Waals surface area (Å²) in [4.78, 5) is 20.8. The molecule has 5 nitrogen and oxygen atoms in total. The zero-order chi connectivity index (χ0) is 20.2. The Morgan fingerprint density at radius 1 is 1.21 bits per heavy atom. The van der Waals surface area contributed by atoms with Gasteiger partial charge in [-0.3, -0.25) is 9.69 Å². The molecule has 29 heavy (non-hydrogen) atoms. The smallest absolute Gasteiger partial charge is 0.260 e. The van der Waals surface area contributed by atoms with E-state index >= 15 is 0 Å². The normalized spacial score (nSPS) is 11.0. The molecule has 2 aromatic carbocycles. The van der Waals surface area contributed by atoms with Crippen molar-refractivity contribution in [1.82, 2.24) is 4.98 Å². The van der Waals surface area contributed by atoms with Gasteiger partial charge in [-0.1, -0.05) is 11.3 Å². The van der Waals surface area contributed by atoms with Crippen LogP contribution in [0.2, 0.25) is 0 Å². The number of hydrogen-bond acceptors (Lipinski definition) is 6. The van der Waals surface area contributed by atoms with Crippen LogP contribution < -0.4 is 9.64 Å². The Morgan fingerprint density at radius 2 is 2.03 bits per heavy atom. The molecule has 2 heterocycles. The number of benzene rings is 2. The first kappa shape index (κ1) is 19.5. The lowest BCUT2D eigenvalue weighted by Gasteiger charge is -2.19. The second-order valence-corrected chi connectivity index (χ2v) is 8.15. The molecular weight excluding hydrogens is 404 g/mol. The molecule has 0 aliphatic heterocycles. The van der Waals surface area contributed by atoms with Crippen LogP contribution >= 0.6 is 23.1 Å². The molecule has 4 aromatic rings. The van der Waals surface area contributed by atoms with E-state index in [-0.39, 0.29) is 5.91 Å². The SMILES string of the molecule is CCOc1ccc2nc(N(Cc3ccco3)C(=O)c3ccc(SC)cc3)sc2c1. The number of rotatable bonds is 7.